The predicted octanol–water partition coefficient (Wildman–Crippen LogP) is 23.4. The fourth-order valence-electron chi connectivity index (χ4n) is 17.4. The molecule has 10 heterocycles. The van der Waals surface area contributed by atoms with E-state index in [4.69, 9.17) is 19.9 Å². The Morgan fingerprint density at radius 2 is 0.635 bits per heavy atom. The molecule has 0 radical (unpaired) electrons. The van der Waals surface area contributed by atoms with Gasteiger partial charge in [0.25, 0.3) is 0 Å². The van der Waals surface area contributed by atoms with Crippen molar-refractivity contribution in [3.05, 3.63) is 340 Å². The fraction of sp³-hybridized carbons (Fsp3) is 0. The third kappa shape index (κ3) is 8.04. The average molecular weight is 1330 g/mol. The van der Waals surface area contributed by atoms with Gasteiger partial charge in [0, 0.05) is 100 Å². The number of pyridine rings is 4. The van der Waals surface area contributed by atoms with Gasteiger partial charge >= 0.3 is 0 Å². The summed E-state index contributed by atoms with van der Waals surface area (Å²) in [6.45, 7) is 0. The Labute approximate surface area is 593 Å². The van der Waals surface area contributed by atoms with E-state index in [1.807, 2.05) is 12.1 Å². The zero-order valence-corrected chi connectivity index (χ0v) is 55.8. The molecular formula is C94H56N10. The number of hydrogen-bond donors (Lipinski definition) is 0. The van der Waals surface area contributed by atoms with Crippen LogP contribution in [0.4, 0.5) is 0 Å². The molecule has 23 aromatic rings. The molecular weight excluding hydrogens is 1270 g/mol. The molecule has 23 rings (SSSR count). The molecule has 0 fully saturated rings. The molecule has 13 aromatic carbocycles. The topological polar surface area (TPSA) is 80.1 Å². The van der Waals surface area contributed by atoms with Crippen LogP contribution in [-0.4, -0.2) is 47.0 Å². The quantitative estimate of drug-likeness (QED) is 0.152. The smallest absolute Gasteiger partial charge is 0.137 e. The van der Waals surface area contributed by atoms with Crippen LogP contribution in [0.15, 0.2) is 340 Å². The monoisotopic (exact) mass is 1320 g/mol. The van der Waals surface area contributed by atoms with Crippen molar-refractivity contribution in [2.75, 3.05) is 0 Å². The molecule has 0 atom stereocenters. The summed E-state index contributed by atoms with van der Waals surface area (Å²) >= 11 is 0. The van der Waals surface area contributed by atoms with Crippen LogP contribution >= 0.6 is 0 Å². The molecule has 0 unspecified atom stereocenters. The molecule has 0 saturated carbocycles. The number of imidazole rings is 2. The molecule has 0 bridgehead atoms. The second-order valence-electron chi connectivity index (χ2n) is 27.3. The summed E-state index contributed by atoms with van der Waals surface area (Å²) in [6.07, 6.45) is 4.17. The first kappa shape index (κ1) is 56.6. The molecule has 0 N–H and O–H groups in total. The van der Waals surface area contributed by atoms with Gasteiger partial charge in [-0.1, -0.05) is 200 Å². The summed E-state index contributed by atoms with van der Waals surface area (Å²) in [6, 6.07) is 119. The van der Waals surface area contributed by atoms with Crippen LogP contribution in [0.5, 0.6) is 0 Å². The number of nitrogens with zero attached hydrogens (tertiary/aromatic N) is 10. The Balaban J connectivity index is 0.653. The number of hydrogen-bond acceptors (Lipinski definition) is 4. The van der Waals surface area contributed by atoms with Gasteiger partial charge in [-0.25, -0.2) is 19.9 Å². The normalized spacial score (nSPS) is 12.2. The van der Waals surface area contributed by atoms with Crippen molar-refractivity contribution in [1.82, 2.24) is 47.0 Å². The van der Waals surface area contributed by atoms with Gasteiger partial charge in [-0.05, 0) is 150 Å². The highest BCUT2D eigenvalue weighted by Crippen LogP contribution is 2.48. The molecule has 10 aromatic heterocycles. The molecule has 0 amide bonds. The first-order valence-electron chi connectivity index (χ1n) is 35.4. The highest BCUT2D eigenvalue weighted by molar-refractivity contribution is 6.29. The van der Waals surface area contributed by atoms with E-state index in [2.05, 4.69) is 355 Å². The van der Waals surface area contributed by atoms with Crippen LogP contribution in [0, 0.1) is 0 Å². The molecule has 10 nitrogen and oxygen atoms in total. The van der Waals surface area contributed by atoms with Crippen LogP contribution in [0.25, 0.3) is 210 Å². The van der Waals surface area contributed by atoms with E-state index >= 15 is 0 Å². The van der Waals surface area contributed by atoms with Gasteiger partial charge < -0.3 is 18.3 Å². The lowest BCUT2D eigenvalue weighted by atomic mass is 9.95. The minimum absolute atomic E-state index is 0.896. The third-order valence-electron chi connectivity index (χ3n) is 21.8. The standard InChI is InChI=1S/C94H56N10/c1-2-24-62(25-3-1)104-79-38-20-32-66(84(79)73-50-52-80-86(92(73)104)71-30-7-12-36-77(71)101(80)63-45-41-57(42-46-63)87-93-89(69-28-4-9-33-74(69)95-87)97-82-39-14-16-53-99(82)93)61-23-18-21-59(55-61)60-22-19-26-65(56-60)102-78-37-13-8-31-72(78)85-81(102)51-49-68-67-27-6-11-35-76(67)103(91(68)85)64-47-43-58(44-48-64)88-94-90(70-29-5-10-34-75(70)96-88)98-83-40-15-17-54-100(83)94/h1-56H. The molecule has 0 aliphatic carbocycles. The lowest BCUT2D eigenvalue weighted by Gasteiger charge is -2.13. The van der Waals surface area contributed by atoms with Crippen molar-refractivity contribution in [3.8, 4) is 67.5 Å². The van der Waals surface area contributed by atoms with Gasteiger partial charge in [0.15, 0.2) is 0 Å². The molecule has 0 aliphatic heterocycles. The van der Waals surface area contributed by atoms with Gasteiger partial charge in [-0.15, -0.1) is 0 Å². The van der Waals surface area contributed by atoms with Crippen molar-refractivity contribution >= 4 is 142 Å². The Morgan fingerprint density at radius 1 is 0.212 bits per heavy atom. The minimum Gasteiger partial charge on any atom is -0.309 e. The van der Waals surface area contributed by atoms with Gasteiger partial charge in [0.2, 0.25) is 0 Å². The number of fused-ring (bicyclic) bond motifs is 24. The fourth-order valence-corrected chi connectivity index (χ4v) is 17.4. The number of para-hydroxylation sites is 6. The summed E-state index contributed by atoms with van der Waals surface area (Å²) in [7, 11) is 0. The minimum atomic E-state index is 0.896. The van der Waals surface area contributed by atoms with E-state index in [1.54, 1.807) is 0 Å². The van der Waals surface area contributed by atoms with Crippen molar-refractivity contribution in [1.29, 1.82) is 0 Å². The van der Waals surface area contributed by atoms with E-state index in [9.17, 15) is 0 Å². The summed E-state index contributed by atoms with van der Waals surface area (Å²) in [5.41, 5.74) is 29.5. The lowest BCUT2D eigenvalue weighted by molar-refractivity contribution is 1.17. The molecule has 0 spiro atoms. The Bertz CT molecular complexity index is 7590. The van der Waals surface area contributed by atoms with Crippen molar-refractivity contribution in [3.63, 3.8) is 0 Å². The average Bonchev–Trinajstić information content (AvgIpc) is 1.54. The first-order valence-corrected chi connectivity index (χ1v) is 35.4. The Morgan fingerprint density at radius 3 is 1.25 bits per heavy atom. The number of benzene rings is 13. The second kappa shape index (κ2) is 21.6. The van der Waals surface area contributed by atoms with Gasteiger partial charge in [-0.2, -0.15) is 0 Å². The van der Waals surface area contributed by atoms with Gasteiger partial charge in [-0.3, -0.25) is 8.80 Å². The van der Waals surface area contributed by atoms with Crippen LogP contribution in [0.3, 0.4) is 0 Å². The van der Waals surface area contributed by atoms with E-state index in [0.717, 1.165) is 150 Å². The van der Waals surface area contributed by atoms with E-state index in [1.165, 1.54) is 59.7 Å². The molecule has 104 heavy (non-hydrogen) atoms. The predicted molar refractivity (Wildman–Crippen MR) is 429 cm³/mol. The zero-order valence-electron chi connectivity index (χ0n) is 55.8. The van der Waals surface area contributed by atoms with Crippen LogP contribution in [0.2, 0.25) is 0 Å². The maximum atomic E-state index is 5.34. The molecule has 0 saturated heterocycles. The van der Waals surface area contributed by atoms with Crippen molar-refractivity contribution in [2.24, 2.45) is 0 Å². The second-order valence-corrected chi connectivity index (χ2v) is 27.3. The SMILES string of the molecule is c1ccc(-n2c3cccc(-c4cccc(-c5cccc(-n6c7ccccc7c7c6ccc6c8ccccc8n(-c8ccc(-c9nc%10ccccc%10c%10nc%11ccccn%11c9%10)cc8)c67)c5)c4)c3c3ccc4c(c5ccccc5n4-c4ccc(-c5nc6ccccc6c6nc7ccccn7c56)cc4)c32)cc1. The number of aromatic nitrogens is 10. The summed E-state index contributed by atoms with van der Waals surface area (Å²) < 4.78 is 14.2. The van der Waals surface area contributed by atoms with E-state index in [0.29, 0.717) is 0 Å². The Hall–Kier alpha value is -14.2. The van der Waals surface area contributed by atoms with Crippen molar-refractivity contribution in [2.45, 2.75) is 0 Å². The largest absolute Gasteiger partial charge is 0.309 e. The molecule has 10 heteroatoms. The summed E-state index contributed by atoms with van der Waals surface area (Å²) in [4.78, 5) is 21.0. The Kier molecular flexibility index (Phi) is 11.8. The zero-order chi connectivity index (χ0) is 67.8. The summed E-state index contributed by atoms with van der Waals surface area (Å²) in [5, 5.41) is 11.7. The van der Waals surface area contributed by atoms with E-state index < -0.39 is 0 Å². The van der Waals surface area contributed by atoms with Crippen LogP contribution in [-0.2, 0) is 0 Å². The maximum absolute atomic E-state index is 5.34. The molecule has 482 valence electrons. The third-order valence-corrected chi connectivity index (χ3v) is 21.8. The number of rotatable bonds is 8. The summed E-state index contributed by atoms with van der Waals surface area (Å²) in [5.74, 6) is 0. The first-order chi connectivity index (χ1) is 51.6. The highest BCUT2D eigenvalue weighted by atomic mass is 15.1. The van der Waals surface area contributed by atoms with Crippen LogP contribution in [0.1, 0.15) is 0 Å². The van der Waals surface area contributed by atoms with E-state index in [-0.39, 0.29) is 0 Å². The highest BCUT2D eigenvalue weighted by Gasteiger charge is 2.27. The maximum Gasteiger partial charge on any atom is 0.137 e. The molecule has 0 aliphatic rings. The van der Waals surface area contributed by atoms with Gasteiger partial charge in [0.05, 0.1) is 77.6 Å². The lowest BCUT2D eigenvalue weighted by Crippen LogP contribution is -1.96. The van der Waals surface area contributed by atoms with Gasteiger partial charge in [0.1, 0.15) is 22.3 Å². The van der Waals surface area contributed by atoms with Crippen LogP contribution < -0.4 is 0 Å². The van der Waals surface area contributed by atoms with Crippen molar-refractivity contribution < 1.29 is 0 Å².